The fraction of sp³-hybridized carbons (Fsp3) is 0.500. The van der Waals surface area contributed by atoms with Crippen LogP contribution in [0.15, 0.2) is 24.3 Å². The maximum Gasteiger partial charge on any atom is 0.223 e. The van der Waals surface area contributed by atoms with Crippen molar-refractivity contribution < 1.29 is 9.53 Å². The van der Waals surface area contributed by atoms with E-state index in [2.05, 4.69) is 10.2 Å². The summed E-state index contributed by atoms with van der Waals surface area (Å²) < 4.78 is 5.60. The second-order valence-corrected chi connectivity index (χ2v) is 4.70. The Morgan fingerprint density at radius 3 is 2.89 bits per heavy atom. The molecule has 0 saturated carbocycles. The van der Waals surface area contributed by atoms with Gasteiger partial charge in [-0.15, -0.1) is 0 Å². The van der Waals surface area contributed by atoms with Crippen molar-refractivity contribution in [2.45, 2.75) is 6.92 Å². The van der Waals surface area contributed by atoms with Crippen molar-refractivity contribution in [1.82, 2.24) is 10.2 Å². The van der Waals surface area contributed by atoms with E-state index in [1.807, 2.05) is 32.2 Å². The Kier molecular flexibility index (Phi) is 6.15. The van der Waals surface area contributed by atoms with Gasteiger partial charge in [0.15, 0.2) is 0 Å². The van der Waals surface area contributed by atoms with Gasteiger partial charge in [-0.25, -0.2) is 0 Å². The number of rotatable bonds is 7. The summed E-state index contributed by atoms with van der Waals surface area (Å²) in [5, 5.41) is 2.65. The molecule has 1 unspecified atom stereocenters. The molecule has 5 heteroatoms. The average molecular weight is 265 g/mol. The van der Waals surface area contributed by atoms with Crippen LogP contribution in [-0.2, 0) is 4.79 Å². The number of nitrogens with one attached hydrogen (secondary N) is 1. The van der Waals surface area contributed by atoms with Crippen LogP contribution in [0, 0.1) is 5.92 Å². The van der Waals surface area contributed by atoms with E-state index in [-0.39, 0.29) is 11.8 Å². The minimum Gasteiger partial charge on any atom is -0.492 e. The zero-order valence-corrected chi connectivity index (χ0v) is 11.8. The Labute approximate surface area is 114 Å². The summed E-state index contributed by atoms with van der Waals surface area (Å²) in [6, 6.07) is 7.36. The highest BCUT2D eigenvalue weighted by molar-refractivity contribution is 5.78. The van der Waals surface area contributed by atoms with E-state index >= 15 is 0 Å². The third kappa shape index (κ3) is 5.61. The standard InChI is InChI=1S/C14H23N3O2/c1-11(14(18)16-2)10-17(3)7-8-19-13-6-4-5-12(15)9-13/h4-6,9,11H,7-8,10,15H2,1-3H3,(H,16,18). The smallest absolute Gasteiger partial charge is 0.223 e. The van der Waals surface area contributed by atoms with Crippen LogP contribution < -0.4 is 15.8 Å². The summed E-state index contributed by atoms with van der Waals surface area (Å²) in [6.07, 6.45) is 0. The molecule has 1 atom stereocenters. The number of amides is 1. The largest absolute Gasteiger partial charge is 0.492 e. The molecule has 0 aliphatic carbocycles. The lowest BCUT2D eigenvalue weighted by Crippen LogP contribution is -2.36. The van der Waals surface area contributed by atoms with Crippen molar-refractivity contribution in [3.63, 3.8) is 0 Å². The average Bonchev–Trinajstić information content (AvgIpc) is 2.37. The minimum atomic E-state index is -0.0256. The van der Waals surface area contributed by atoms with Gasteiger partial charge in [-0.05, 0) is 19.2 Å². The van der Waals surface area contributed by atoms with Crippen molar-refractivity contribution >= 4 is 11.6 Å². The molecule has 1 aromatic rings. The normalized spacial score (nSPS) is 12.2. The molecule has 0 spiro atoms. The Hall–Kier alpha value is -1.75. The van der Waals surface area contributed by atoms with Crippen LogP contribution in [-0.4, -0.2) is 44.6 Å². The number of nitrogens with two attached hydrogens (primary N) is 1. The Balaban J connectivity index is 2.27. The highest BCUT2D eigenvalue weighted by atomic mass is 16.5. The fourth-order valence-electron chi connectivity index (χ4n) is 1.81. The third-order valence-electron chi connectivity index (χ3n) is 2.88. The first-order valence-electron chi connectivity index (χ1n) is 6.41. The number of benzene rings is 1. The topological polar surface area (TPSA) is 67.6 Å². The molecular formula is C14H23N3O2. The third-order valence-corrected chi connectivity index (χ3v) is 2.88. The number of carbonyl (C=O) groups is 1. The van der Waals surface area contributed by atoms with Gasteiger partial charge in [-0.2, -0.15) is 0 Å². The SMILES string of the molecule is CNC(=O)C(C)CN(C)CCOc1cccc(N)c1. The number of anilines is 1. The minimum absolute atomic E-state index is 0.0256. The van der Waals surface area contributed by atoms with Crippen molar-refractivity contribution in [3.8, 4) is 5.75 Å². The summed E-state index contributed by atoms with van der Waals surface area (Å²) in [5.74, 6) is 0.804. The van der Waals surface area contributed by atoms with Crippen LogP contribution in [0.3, 0.4) is 0 Å². The molecule has 0 saturated heterocycles. The van der Waals surface area contributed by atoms with Gasteiger partial charge >= 0.3 is 0 Å². The van der Waals surface area contributed by atoms with Crippen LogP contribution in [0.2, 0.25) is 0 Å². The molecule has 106 valence electrons. The van der Waals surface area contributed by atoms with Crippen LogP contribution in [0.25, 0.3) is 0 Å². The fourth-order valence-corrected chi connectivity index (χ4v) is 1.81. The zero-order chi connectivity index (χ0) is 14.3. The predicted molar refractivity (Wildman–Crippen MR) is 77.1 cm³/mol. The number of nitrogens with zero attached hydrogens (tertiary/aromatic N) is 1. The van der Waals surface area contributed by atoms with E-state index in [0.717, 1.165) is 12.3 Å². The van der Waals surface area contributed by atoms with Gasteiger partial charge < -0.3 is 20.7 Å². The lowest BCUT2D eigenvalue weighted by Gasteiger charge is -2.20. The molecule has 5 nitrogen and oxygen atoms in total. The Bertz CT molecular complexity index is 409. The quantitative estimate of drug-likeness (QED) is 0.721. The van der Waals surface area contributed by atoms with Crippen molar-refractivity contribution in [2.75, 3.05) is 39.5 Å². The number of carbonyl (C=O) groups excluding carboxylic acids is 1. The van der Waals surface area contributed by atoms with Gasteiger partial charge in [0.25, 0.3) is 0 Å². The van der Waals surface area contributed by atoms with E-state index in [1.165, 1.54) is 0 Å². The second kappa shape index (κ2) is 7.63. The lowest BCUT2D eigenvalue weighted by molar-refractivity contribution is -0.124. The molecule has 0 aliphatic rings. The molecule has 0 aliphatic heterocycles. The van der Waals surface area contributed by atoms with Gasteiger partial charge in [0.1, 0.15) is 12.4 Å². The van der Waals surface area contributed by atoms with Gasteiger partial charge in [0, 0.05) is 37.8 Å². The number of hydrogen-bond donors (Lipinski definition) is 2. The molecule has 0 heterocycles. The molecule has 1 rings (SSSR count). The van der Waals surface area contributed by atoms with Crippen LogP contribution in [0.5, 0.6) is 5.75 Å². The summed E-state index contributed by atoms with van der Waals surface area (Å²) in [7, 11) is 3.63. The number of likely N-dealkylation sites (N-methyl/N-ethyl adjacent to an activating group) is 1. The highest BCUT2D eigenvalue weighted by Gasteiger charge is 2.13. The molecule has 0 aromatic heterocycles. The highest BCUT2D eigenvalue weighted by Crippen LogP contribution is 2.14. The molecule has 0 radical (unpaired) electrons. The van der Waals surface area contributed by atoms with Crippen molar-refractivity contribution in [2.24, 2.45) is 5.92 Å². The first-order valence-corrected chi connectivity index (χ1v) is 6.41. The summed E-state index contributed by atoms with van der Waals surface area (Å²) in [4.78, 5) is 13.5. The second-order valence-electron chi connectivity index (χ2n) is 4.70. The van der Waals surface area contributed by atoms with Crippen LogP contribution in [0.4, 0.5) is 5.69 Å². The molecule has 0 fully saturated rings. The van der Waals surface area contributed by atoms with Crippen molar-refractivity contribution in [3.05, 3.63) is 24.3 Å². The van der Waals surface area contributed by atoms with Gasteiger partial charge in [0.05, 0.1) is 0 Å². The summed E-state index contributed by atoms with van der Waals surface area (Å²) >= 11 is 0. The van der Waals surface area contributed by atoms with Gasteiger partial charge in [-0.1, -0.05) is 13.0 Å². The molecular weight excluding hydrogens is 242 g/mol. The van der Waals surface area contributed by atoms with E-state index in [1.54, 1.807) is 13.1 Å². The van der Waals surface area contributed by atoms with E-state index in [9.17, 15) is 4.79 Å². The number of ether oxygens (including phenoxy) is 1. The van der Waals surface area contributed by atoms with Gasteiger partial charge in [-0.3, -0.25) is 4.79 Å². The molecule has 3 N–H and O–H groups in total. The number of nitrogen functional groups attached to an aromatic ring is 1. The molecule has 1 aromatic carbocycles. The Morgan fingerprint density at radius 1 is 1.53 bits per heavy atom. The Morgan fingerprint density at radius 2 is 2.26 bits per heavy atom. The van der Waals surface area contributed by atoms with E-state index in [4.69, 9.17) is 10.5 Å². The first kappa shape index (κ1) is 15.3. The summed E-state index contributed by atoms with van der Waals surface area (Å²) in [6.45, 7) is 3.95. The lowest BCUT2D eigenvalue weighted by atomic mass is 10.1. The maximum absolute atomic E-state index is 11.4. The predicted octanol–water partition coefficient (Wildman–Crippen LogP) is 0.962. The number of hydrogen-bond acceptors (Lipinski definition) is 4. The van der Waals surface area contributed by atoms with Crippen LogP contribution in [0.1, 0.15) is 6.92 Å². The van der Waals surface area contributed by atoms with E-state index in [0.29, 0.717) is 18.8 Å². The maximum atomic E-state index is 11.4. The first-order chi connectivity index (χ1) is 9.02. The zero-order valence-electron chi connectivity index (χ0n) is 11.8. The van der Waals surface area contributed by atoms with Crippen molar-refractivity contribution in [1.29, 1.82) is 0 Å². The summed E-state index contributed by atoms with van der Waals surface area (Å²) in [5.41, 5.74) is 6.36. The van der Waals surface area contributed by atoms with Gasteiger partial charge in [0.2, 0.25) is 5.91 Å². The molecule has 0 bridgehead atoms. The molecule has 1 amide bonds. The van der Waals surface area contributed by atoms with E-state index < -0.39 is 0 Å². The monoisotopic (exact) mass is 265 g/mol. The van der Waals surface area contributed by atoms with Crippen LogP contribution >= 0.6 is 0 Å². The molecule has 19 heavy (non-hydrogen) atoms.